The molecule has 1 aromatic carbocycles. The zero-order valence-electron chi connectivity index (χ0n) is 12.2. The molecule has 1 aliphatic carbocycles. The molecule has 1 saturated carbocycles. The van der Waals surface area contributed by atoms with Crippen LogP contribution in [0.15, 0.2) is 30.3 Å². The molecule has 0 spiro atoms. The summed E-state index contributed by atoms with van der Waals surface area (Å²) >= 11 is 6.68. The number of halogens is 1. The molecule has 0 aromatic heterocycles. The third-order valence-electron chi connectivity index (χ3n) is 4.59. The first-order valence-electron chi connectivity index (χ1n) is 7.94. The summed E-state index contributed by atoms with van der Waals surface area (Å²) < 4.78 is 0. The van der Waals surface area contributed by atoms with Gasteiger partial charge in [0.25, 0.3) is 0 Å². The van der Waals surface area contributed by atoms with E-state index in [0.29, 0.717) is 5.92 Å². The Morgan fingerprint density at radius 2 is 1.84 bits per heavy atom. The van der Waals surface area contributed by atoms with Crippen LogP contribution in [0.1, 0.15) is 56.9 Å². The Balaban J connectivity index is 1.70. The van der Waals surface area contributed by atoms with E-state index in [1.165, 1.54) is 56.2 Å². The van der Waals surface area contributed by atoms with Crippen LogP contribution in [0.5, 0.6) is 0 Å². The average Bonchev–Trinajstić information content (AvgIpc) is 2.47. The Morgan fingerprint density at radius 1 is 1.16 bits per heavy atom. The second-order valence-corrected chi connectivity index (χ2v) is 10.3. The monoisotopic (exact) mass is 294 g/mol. The highest BCUT2D eigenvalue weighted by Gasteiger charge is 2.18. The van der Waals surface area contributed by atoms with E-state index in [1.807, 2.05) is 0 Å². The van der Waals surface area contributed by atoms with E-state index in [0.717, 1.165) is 5.92 Å². The molecule has 2 heteroatoms. The van der Waals surface area contributed by atoms with E-state index in [9.17, 15) is 0 Å². The Bertz CT molecular complexity index is 346. The molecule has 0 N–H and O–H groups in total. The summed E-state index contributed by atoms with van der Waals surface area (Å²) in [6, 6.07) is 13.4. The van der Waals surface area contributed by atoms with Gasteiger partial charge in [0, 0.05) is 0 Å². The van der Waals surface area contributed by atoms with Crippen molar-refractivity contribution in [3.05, 3.63) is 35.9 Å². The fraction of sp³-hybridized carbons (Fsp3) is 0.647. The molecule has 1 fully saturated rings. The molecule has 2 unspecified atom stereocenters. The Morgan fingerprint density at radius 3 is 2.53 bits per heavy atom. The van der Waals surface area contributed by atoms with Crippen LogP contribution in [0.25, 0.3) is 0 Å². The minimum absolute atomic E-state index is 0.640. The van der Waals surface area contributed by atoms with Gasteiger partial charge < -0.3 is 0 Å². The maximum Gasteiger partial charge on any atom is 0.141 e. The molecule has 0 aliphatic heterocycles. The first kappa shape index (κ1) is 15.1. The SMILES string of the molecule is CC(C[SiH](Cl)CCC1CCCCC1)c1ccccc1. The molecule has 106 valence electrons. The number of benzene rings is 1. The van der Waals surface area contributed by atoms with Crippen molar-refractivity contribution in [3.63, 3.8) is 0 Å². The number of rotatable bonds is 6. The van der Waals surface area contributed by atoms with Crippen LogP contribution in [0.2, 0.25) is 12.1 Å². The zero-order valence-corrected chi connectivity index (χ0v) is 14.1. The molecule has 1 aromatic rings. The van der Waals surface area contributed by atoms with Gasteiger partial charge in [-0.2, -0.15) is 11.1 Å². The van der Waals surface area contributed by atoms with Crippen molar-refractivity contribution in [2.24, 2.45) is 5.92 Å². The van der Waals surface area contributed by atoms with Gasteiger partial charge in [-0.1, -0.05) is 75.8 Å². The normalized spacial score (nSPS) is 20.1. The standard InChI is InChI=1S/C17H27ClSi/c1-15(17-10-6-3-7-11-17)14-19(18)13-12-16-8-4-2-5-9-16/h3,6-7,10-11,15-16,19H,2,4-5,8-9,12-14H2,1H3. The molecular weight excluding hydrogens is 268 g/mol. The lowest BCUT2D eigenvalue weighted by Gasteiger charge is -2.22. The Labute approximate surface area is 124 Å². The van der Waals surface area contributed by atoms with Crippen LogP contribution in [-0.2, 0) is 0 Å². The Kier molecular flexibility index (Phi) is 6.46. The fourth-order valence-corrected chi connectivity index (χ4v) is 6.60. The smallest absolute Gasteiger partial charge is 0.141 e. The van der Waals surface area contributed by atoms with Crippen molar-refractivity contribution in [1.29, 1.82) is 0 Å². The minimum Gasteiger partial charge on any atom is -0.172 e. The van der Waals surface area contributed by atoms with Crippen molar-refractivity contribution < 1.29 is 0 Å². The molecule has 0 amide bonds. The second-order valence-electron chi connectivity index (χ2n) is 6.23. The van der Waals surface area contributed by atoms with Gasteiger partial charge in [0.1, 0.15) is 8.11 Å². The topological polar surface area (TPSA) is 0 Å². The molecule has 1 aliphatic rings. The lowest BCUT2D eigenvalue weighted by Crippen LogP contribution is -2.12. The first-order chi connectivity index (χ1) is 9.25. The van der Waals surface area contributed by atoms with Gasteiger partial charge in [-0.25, -0.2) is 0 Å². The van der Waals surface area contributed by atoms with E-state index >= 15 is 0 Å². The van der Waals surface area contributed by atoms with Crippen molar-refractivity contribution >= 4 is 19.2 Å². The molecular formula is C17H27ClSi. The third-order valence-corrected chi connectivity index (χ3v) is 7.96. The number of hydrogen-bond acceptors (Lipinski definition) is 0. The average molecular weight is 295 g/mol. The van der Waals surface area contributed by atoms with Crippen LogP contribution >= 0.6 is 11.1 Å². The molecule has 0 heterocycles. The second kappa shape index (κ2) is 8.11. The van der Waals surface area contributed by atoms with Gasteiger partial charge in [0.2, 0.25) is 0 Å². The summed E-state index contributed by atoms with van der Waals surface area (Å²) in [7, 11) is -1.03. The molecule has 0 bridgehead atoms. The van der Waals surface area contributed by atoms with Crippen molar-refractivity contribution in [3.8, 4) is 0 Å². The molecule has 0 nitrogen and oxygen atoms in total. The highest BCUT2D eigenvalue weighted by atomic mass is 35.6. The molecule has 2 rings (SSSR count). The quantitative estimate of drug-likeness (QED) is 0.465. The molecule has 0 saturated heterocycles. The summed E-state index contributed by atoms with van der Waals surface area (Å²) in [4.78, 5) is 0. The van der Waals surface area contributed by atoms with E-state index in [-0.39, 0.29) is 0 Å². The molecule has 2 atom stereocenters. The highest BCUT2D eigenvalue weighted by molar-refractivity contribution is 7.07. The van der Waals surface area contributed by atoms with E-state index in [2.05, 4.69) is 37.3 Å². The van der Waals surface area contributed by atoms with Crippen molar-refractivity contribution in [2.45, 2.75) is 63.5 Å². The van der Waals surface area contributed by atoms with E-state index in [1.54, 1.807) is 0 Å². The summed E-state index contributed by atoms with van der Waals surface area (Å²) in [6.45, 7) is 2.33. The summed E-state index contributed by atoms with van der Waals surface area (Å²) in [5.41, 5.74) is 1.46. The lowest BCUT2D eigenvalue weighted by atomic mass is 9.88. The van der Waals surface area contributed by atoms with Crippen LogP contribution in [-0.4, -0.2) is 8.11 Å². The van der Waals surface area contributed by atoms with E-state index in [4.69, 9.17) is 11.1 Å². The first-order valence-corrected chi connectivity index (χ1v) is 11.3. The van der Waals surface area contributed by atoms with Gasteiger partial charge >= 0.3 is 0 Å². The lowest BCUT2D eigenvalue weighted by molar-refractivity contribution is 0.349. The molecule has 0 radical (unpaired) electrons. The fourth-order valence-electron chi connectivity index (χ4n) is 3.31. The van der Waals surface area contributed by atoms with Crippen molar-refractivity contribution in [1.82, 2.24) is 0 Å². The Hall–Kier alpha value is -0.273. The summed E-state index contributed by atoms with van der Waals surface area (Å²) in [6.07, 6.45) is 8.71. The minimum atomic E-state index is -1.03. The summed E-state index contributed by atoms with van der Waals surface area (Å²) in [5.74, 6) is 1.64. The number of hydrogen-bond donors (Lipinski definition) is 0. The maximum absolute atomic E-state index is 6.68. The maximum atomic E-state index is 6.68. The van der Waals surface area contributed by atoms with Gasteiger partial charge in [0.05, 0.1) is 0 Å². The predicted molar refractivity (Wildman–Crippen MR) is 88.7 cm³/mol. The van der Waals surface area contributed by atoms with Gasteiger partial charge in [-0.05, 0) is 29.5 Å². The van der Waals surface area contributed by atoms with Crippen LogP contribution in [0.4, 0.5) is 0 Å². The van der Waals surface area contributed by atoms with Gasteiger partial charge in [-0.15, -0.1) is 0 Å². The highest BCUT2D eigenvalue weighted by Crippen LogP contribution is 2.30. The van der Waals surface area contributed by atoms with Gasteiger partial charge in [-0.3, -0.25) is 0 Å². The van der Waals surface area contributed by atoms with Crippen LogP contribution in [0, 0.1) is 5.92 Å². The largest absolute Gasteiger partial charge is 0.172 e. The van der Waals surface area contributed by atoms with Gasteiger partial charge in [0.15, 0.2) is 0 Å². The summed E-state index contributed by atoms with van der Waals surface area (Å²) in [5, 5.41) is 0. The predicted octanol–water partition coefficient (Wildman–Crippen LogP) is 5.72. The van der Waals surface area contributed by atoms with Crippen LogP contribution < -0.4 is 0 Å². The molecule has 19 heavy (non-hydrogen) atoms. The van der Waals surface area contributed by atoms with Crippen LogP contribution in [0.3, 0.4) is 0 Å². The zero-order chi connectivity index (χ0) is 13.5. The third kappa shape index (κ3) is 5.31. The van der Waals surface area contributed by atoms with E-state index < -0.39 is 8.11 Å². The van der Waals surface area contributed by atoms with Crippen molar-refractivity contribution in [2.75, 3.05) is 0 Å².